The molecule has 1 amide bonds. The van der Waals surface area contributed by atoms with E-state index in [-0.39, 0.29) is 28.5 Å². The van der Waals surface area contributed by atoms with Gasteiger partial charge in [0.2, 0.25) is 0 Å². The third kappa shape index (κ3) is 6.09. The van der Waals surface area contributed by atoms with Crippen LogP contribution in [0.1, 0.15) is 40.7 Å². The Balaban J connectivity index is 1.80. The summed E-state index contributed by atoms with van der Waals surface area (Å²) in [5, 5.41) is 22.7. The highest BCUT2D eigenvalue weighted by Crippen LogP contribution is 2.46. The summed E-state index contributed by atoms with van der Waals surface area (Å²) >= 11 is 12.0. The monoisotopic (exact) mass is 532 g/mol. The molecule has 4 unspecified atom stereocenters. The fourth-order valence-electron chi connectivity index (χ4n) is 4.40. The largest absolute Gasteiger partial charge is 0.480 e. The van der Waals surface area contributed by atoms with E-state index in [2.05, 4.69) is 5.32 Å². The Morgan fingerprint density at radius 2 is 1.71 bits per heavy atom. The number of piperidine rings is 1. The molecule has 190 valence electrons. The van der Waals surface area contributed by atoms with Crippen LogP contribution in [0.2, 0.25) is 10.0 Å². The number of carbonyl (C=O) groups is 2. The molecule has 0 bridgehead atoms. The van der Waals surface area contributed by atoms with Crippen LogP contribution in [-0.2, 0) is 11.2 Å². The van der Waals surface area contributed by atoms with Crippen LogP contribution >= 0.6 is 23.2 Å². The number of hydrogen-bond donors (Lipinski definition) is 3. The summed E-state index contributed by atoms with van der Waals surface area (Å²) in [7, 11) is 1.58. The van der Waals surface area contributed by atoms with E-state index in [1.54, 1.807) is 20.0 Å². The average Bonchev–Trinajstić information content (AvgIpc) is 2.76. The number of likely N-dealkylation sites (tertiary alicyclic amines) is 1. The smallest absolute Gasteiger partial charge is 0.392 e. The Morgan fingerprint density at radius 3 is 2.23 bits per heavy atom. The summed E-state index contributed by atoms with van der Waals surface area (Å²) in [6, 6.07) is 8.56. The predicted octanol–water partition coefficient (Wildman–Crippen LogP) is 4.72. The van der Waals surface area contributed by atoms with E-state index in [1.807, 2.05) is 0 Å². The molecule has 0 aromatic heterocycles. The Kier molecular flexibility index (Phi) is 8.36. The number of nitrogens with one attached hydrogen (secondary N) is 1. The Labute approximate surface area is 210 Å². The van der Waals surface area contributed by atoms with Gasteiger partial charge in [0.25, 0.3) is 5.91 Å². The van der Waals surface area contributed by atoms with Crippen LogP contribution in [0.3, 0.4) is 0 Å². The lowest BCUT2D eigenvalue weighted by atomic mass is 9.76. The standard InChI is InChI=1S/C24H25Cl2F3N2O4/c1-12-10-15(24(27,28)29)19(22(33)31(12)2)14-8-6-13(7-9-14)11-18(23(34)35)30-21(32)20-16(25)4-3-5-17(20)26/h3-9,12,15,18-19,22,33H,10-11H2,1-2H3,(H,30,32)(H,34,35)/t12?,15?,18-,19?,22?/m0/s1. The molecule has 1 aliphatic rings. The molecule has 0 spiro atoms. The maximum atomic E-state index is 13.8. The van der Waals surface area contributed by atoms with Crippen molar-refractivity contribution in [1.82, 2.24) is 10.2 Å². The number of aliphatic hydroxyl groups is 1. The number of halogens is 5. The molecule has 1 heterocycles. The SMILES string of the molecule is CC1CC(C(F)(F)F)C(c2ccc(C[C@H](NC(=O)c3c(Cl)cccc3Cl)C(=O)O)cc2)C(O)N1C. The molecule has 35 heavy (non-hydrogen) atoms. The number of aliphatic carboxylic acids is 1. The number of carbonyl (C=O) groups excluding carboxylic acids is 1. The zero-order valence-corrected chi connectivity index (χ0v) is 20.4. The lowest BCUT2D eigenvalue weighted by Crippen LogP contribution is -2.53. The van der Waals surface area contributed by atoms with Gasteiger partial charge in [0.1, 0.15) is 12.3 Å². The summed E-state index contributed by atoms with van der Waals surface area (Å²) < 4.78 is 41.3. The number of benzene rings is 2. The number of nitrogens with zero attached hydrogens (tertiary/aromatic N) is 1. The van der Waals surface area contributed by atoms with Gasteiger partial charge in [-0.05, 0) is 43.7 Å². The van der Waals surface area contributed by atoms with E-state index in [9.17, 15) is 33.0 Å². The molecular weight excluding hydrogens is 508 g/mol. The topological polar surface area (TPSA) is 89.9 Å². The predicted molar refractivity (Wildman–Crippen MR) is 126 cm³/mol. The van der Waals surface area contributed by atoms with E-state index in [1.165, 1.54) is 41.3 Å². The molecule has 0 saturated carbocycles. The molecule has 0 radical (unpaired) electrons. The number of rotatable bonds is 6. The van der Waals surface area contributed by atoms with Crippen molar-refractivity contribution in [3.05, 3.63) is 69.2 Å². The number of amides is 1. The number of likely N-dealkylation sites (N-methyl/N-ethyl adjacent to an activating group) is 1. The molecule has 3 rings (SSSR count). The summed E-state index contributed by atoms with van der Waals surface area (Å²) in [5.74, 6) is -4.98. The van der Waals surface area contributed by atoms with Gasteiger partial charge in [-0.2, -0.15) is 13.2 Å². The van der Waals surface area contributed by atoms with Crippen LogP contribution < -0.4 is 5.32 Å². The lowest BCUT2D eigenvalue weighted by Gasteiger charge is -2.45. The van der Waals surface area contributed by atoms with Crippen LogP contribution in [0.25, 0.3) is 0 Å². The van der Waals surface area contributed by atoms with Gasteiger partial charge in [-0.25, -0.2) is 4.79 Å². The highest BCUT2D eigenvalue weighted by atomic mass is 35.5. The Bertz CT molecular complexity index is 1060. The normalized spacial score (nSPS) is 24.1. The molecule has 1 fully saturated rings. The molecule has 1 aliphatic heterocycles. The van der Waals surface area contributed by atoms with Gasteiger partial charge in [-0.1, -0.05) is 53.5 Å². The summed E-state index contributed by atoms with van der Waals surface area (Å²) in [6.45, 7) is 1.64. The average molecular weight is 533 g/mol. The summed E-state index contributed by atoms with van der Waals surface area (Å²) in [6.07, 6.45) is -6.10. The molecule has 0 aliphatic carbocycles. The van der Waals surface area contributed by atoms with E-state index < -0.39 is 48.2 Å². The second-order valence-electron chi connectivity index (χ2n) is 8.74. The highest BCUT2D eigenvalue weighted by molar-refractivity contribution is 6.39. The first-order valence-corrected chi connectivity index (χ1v) is 11.6. The number of hydrogen-bond acceptors (Lipinski definition) is 4. The molecular formula is C24H25Cl2F3N2O4. The number of carboxylic acids is 1. The van der Waals surface area contributed by atoms with E-state index in [0.717, 1.165) is 0 Å². The second kappa shape index (κ2) is 10.7. The van der Waals surface area contributed by atoms with Gasteiger partial charge in [0.15, 0.2) is 0 Å². The first kappa shape index (κ1) is 27.3. The van der Waals surface area contributed by atoms with Crippen molar-refractivity contribution in [2.45, 2.75) is 50.2 Å². The van der Waals surface area contributed by atoms with E-state index in [4.69, 9.17) is 23.2 Å². The minimum absolute atomic E-state index is 0.0553. The number of carboxylic acid groups (broad SMARTS) is 1. The molecule has 1 saturated heterocycles. The minimum atomic E-state index is -4.49. The zero-order valence-electron chi connectivity index (χ0n) is 18.9. The van der Waals surface area contributed by atoms with Gasteiger partial charge >= 0.3 is 12.1 Å². The van der Waals surface area contributed by atoms with Crippen LogP contribution in [0.4, 0.5) is 13.2 Å². The van der Waals surface area contributed by atoms with Crippen molar-refractivity contribution < 1.29 is 33.0 Å². The third-order valence-electron chi connectivity index (χ3n) is 6.48. The summed E-state index contributed by atoms with van der Waals surface area (Å²) in [5.41, 5.74) is 0.712. The second-order valence-corrected chi connectivity index (χ2v) is 9.56. The van der Waals surface area contributed by atoms with Crippen LogP contribution in [-0.4, -0.2) is 58.5 Å². The fourth-order valence-corrected chi connectivity index (χ4v) is 4.97. The van der Waals surface area contributed by atoms with Crippen LogP contribution in [0, 0.1) is 5.92 Å². The molecule has 2 aromatic rings. The minimum Gasteiger partial charge on any atom is -0.480 e. The third-order valence-corrected chi connectivity index (χ3v) is 7.11. The van der Waals surface area contributed by atoms with Gasteiger partial charge in [-0.3, -0.25) is 9.69 Å². The maximum absolute atomic E-state index is 13.8. The van der Waals surface area contributed by atoms with Crippen molar-refractivity contribution in [2.75, 3.05) is 7.05 Å². The van der Waals surface area contributed by atoms with Crippen molar-refractivity contribution in [1.29, 1.82) is 0 Å². The quantitative estimate of drug-likeness (QED) is 0.500. The van der Waals surface area contributed by atoms with Gasteiger partial charge in [0, 0.05) is 18.4 Å². The molecule has 6 nitrogen and oxygen atoms in total. The van der Waals surface area contributed by atoms with Crippen LogP contribution in [0.15, 0.2) is 42.5 Å². The van der Waals surface area contributed by atoms with Gasteiger partial charge in [-0.15, -0.1) is 0 Å². The fraction of sp³-hybridized carbons (Fsp3) is 0.417. The van der Waals surface area contributed by atoms with Crippen molar-refractivity contribution in [2.24, 2.45) is 5.92 Å². The highest BCUT2D eigenvalue weighted by Gasteiger charge is 2.52. The molecule has 11 heteroatoms. The van der Waals surface area contributed by atoms with E-state index in [0.29, 0.717) is 11.1 Å². The summed E-state index contributed by atoms with van der Waals surface area (Å²) in [4.78, 5) is 25.9. The molecule has 2 aromatic carbocycles. The number of aliphatic hydroxyl groups excluding tert-OH is 1. The van der Waals surface area contributed by atoms with Gasteiger partial charge < -0.3 is 15.5 Å². The number of alkyl halides is 3. The first-order chi connectivity index (χ1) is 16.3. The Morgan fingerprint density at radius 1 is 1.14 bits per heavy atom. The zero-order chi connectivity index (χ0) is 26.1. The van der Waals surface area contributed by atoms with Crippen molar-refractivity contribution in [3.8, 4) is 0 Å². The van der Waals surface area contributed by atoms with Crippen molar-refractivity contribution >= 4 is 35.1 Å². The maximum Gasteiger partial charge on any atom is 0.392 e. The van der Waals surface area contributed by atoms with Crippen LogP contribution in [0.5, 0.6) is 0 Å². The molecule has 5 atom stereocenters. The van der Waals surface area contributed by atoms with E-state index >= 15 is 0 Å². The molecule has 3 N–H and O–H groups in total. The first-order valence-electron chi connectivity index (χ1n) is 10.8. The van der Waals surface area contributed by atoms with Gasteiger partial charge in [0.05, 0.1) is 21.5 Å². The van der Waals surface area contributed by atoms with Crippen molar-refractivity contribution in [3.63, 3.8) is 0 Å². The lowest BCUT2D eigenvalue weighted by molar-refractivity contribution is -0.217. The Hall–Kier alpha value is -2.33.